The van der Waals surface area contributed by atoms with Crippen LogP contribution < -0.4 is 10.6 Å². The van der Waals surface area contributed by atoms with Crippen LogP contribution in [0.5, 0.6) is 0 Å². The summed E-state index contributed by atoms with van der Waals surface area (Å²) in [4.78, 5) is 8.72. The first-order valence-corrected chi connectivity index (χ1v) is 8.20. The molecule has 0 aliphatic heterocycles. The third kappa shape index (κ3) is 5.54. The summed E-state index contributed by atoms with van der Waals surface area (Å²) in [5.41, 5.74) is 1.06. The van der Waals surface area contributed by atoms with E-state index in [1.165, 1.54) is 25.7 Å². The van der Waals surface area contributed by atoms with Gasteiger partial charge in [-0.05, 0) is 50.2 Å². The van der Waals surface area contributed by atoms with E-state index < -0.39 is 0 Å². The van der Waals surface area contributed by atoms with Crippen LogP contribution in [0.2, 0.25) is 5.15 Å². The average molecular weight is 309 g/mol. The molecular weight excluding hydrogens is 284 g/mol. The molecule has 1 aromatic rings. The van der Waals surface area contributed by atoms with Gasteiger partial charge in [0, 0.05) is 18.8 Å². The van der Waals surface area contributed by atoms with Gasteiger partial charge in [0.2, 0.25) is 0 Å². The van der Waals surface area contributed by atoms with Crippen molar-refractivity contribution in [2.75, 3.05) is 6.54 Å². The topological polar surface area (TPSA) is 49.3 Å². The molecule has 4 nitrogen and oxygen atoms in total. The number of pyridine rings is 1. The quantitative estimate of drug-likeness (QED) is 0.509. The summed E-state index contributed by atoms with van der Waals surface area (Å²) in [6.07, 6.45) is 6.84. The smallest absolute Gasteiger partial charge is 0.191 e. The summed E-state index contributed by atoms with van der Waals surface area (Å²) in [5.74, 6) is 1.76. The van der Waals surface area contributed by atoms with Crippen molar-refractivity contribution < 1.29 is 0 Å². The van der Waals surface area contributed by atoms with Gasteiger partial charge in [-0.3, -0.25) is 0 Å². The van der Waals surface area contributed by atoms with E-state index in [1.54, 1.807) is 12.3 Å². The van der Waals surface area contributed by atoms with Gasteiger partial charge in [0.25, 0.3) is 0 Å². The third-order valence-corrected chi connectivity index (χ3v) is 4.13. The predicted octanol–water partition coefficient (Wildman–Crippen LogP) is 3.37. The lowest BCUT2D eigenvalue weighted by atomic mass is 9.87. The number of rotatable bonds is 4. The Kier molecular flexibility index (Phi) is 6.30. The average Bonchev–Trinajstić information content (AvgIpc) is 2.49. The molecule has 0 radical (unpaired) electrons. The second kappa shape index (κ2) is 8.23. The highest BCUT2D eigenvalue weighted by Crippen LogP contribution is 2.23. The molecule has 1 heterocycles. The first-order valence-electron chi connectivity index (χ1n) is 7.82. The molecule has 1 aromatic heterocycles. The fourth-order valence-electron chi connectivity index (χ4n) is 2.59. The van der Waals surface area contributed by atoms with Crippen LogP contribution in [0.15, 0.2) is 23.3 Å². The molecule has 2 N–H and O–H groups in total. The van der Waals surface area contributed by atoms with Crippen molar-refractivity contribution in [1.82, 2.24) is 15.6 Å². The van der Waals surface area contributed by atoms with Crippen LogP contribution in [0, 0.1) is 5.92 Å². The van der Waals surface area contributed by atoms with Gasteiger partial charge in [-0.15, -0.1) is 0 Å². The molecular formula is C16H25ClN4. The molecule has 21 heavy (non-hydrogen) atoms. The summed E-state index contributed by atoms with van der Waals surface area (Å²) in [6, 6.07) is 4.31. The van der Waals surface area contributed by atoms with E-state index >= 15 is 0 Å². The van der Waals surface area contributed by atoms with Crippen LogP contribution in [0.25, 0.3) is 0 Å². The lowest BCUT2D eigenvalue weighted by Crippen LogP contribution is -2.44. The van der Waals surface area contributed by atoms with E-state index in [0.29, 0.717) is 17.7 Å². The fourth-order valence-corrected chi connectivity index (χ4v) is 2.70. The number of aliphatic imine (C=N–C) groups is 1. The van der Waals surface area contributed by atoms with E-state index in [1.807, 2.05) is 6.07 Å². The Hall–Kier alpha value is -1.29. The van der Waals surface area contributed by atoms with Gasteiger partial charge in [0.1, 0.15) is 5.15 Å². The first-order chi connectivity index (χ1) is 10.2. The van der Waals surface area contributed by atoms with Gasteiger partial charge in [-0.1, -0.05) is 24.6 Å². The molecule has 1 fully saturated rings. The summed E-state index contributed by atoms with van der Waals surface area (Å²) in [5, 5.41) is 7.38. The highest BCUT2D eigenvalue weighted by atomic mass is 35.5. The summed E-state index contributed by atoms with van der Waals surface area (Å²) in [7, 11) is 0. The van der Waals surface area contributed by atoms with Crippen LogP contribution in [-0.2, 0) is 6.54 Å². The van der Waals surface area contributed by atoms with Gasteiger partial charge < -0.3 is 10.6 Å². The van der Waals surface area contributed by atoms with Crippen molar-refractivity contribution in [3.05, 3.63) is 29.0 Å². The van der Waals surface area contributed by atoms with E-state index in [-0.39, 0.29) is 0 Å². The Morgan fingerprint density at radius 2 is 2.10 bits per heavy atom. The monoisotopic (exact) mass is 308 g/mol. The maximum atomic E-state index is 5.79. The molecule has 0 aromatic carbocycles. The minimum absolute atomic E-state index is 0.518. The van der Waals surface area contributed by atoms with Crippen molar-refractivity contribution in [1.29, 1.82) is 0 Å². The van der Waals surface area contributed by atoms with Gasteiger partial charge in [-0.25, -0.2) is 9.98 Å². The molecule has 0 bridgehead atoms. The van der Waals surface area contributed by atoms with E-state index in [0.717, 1.165) is 24.0 Å². The molecule has 0 unspecified atom stereocenters. The van der Waals surface area contributed by atoms with Crippen LogP contribution in [0.3, 0.4) is 0 Å². The molecule has 116 valence electrons. The first kappa shape index (κ1) is 16.1. The largest absolute Gasteiger partial charge is 0.357 e. The maximum absolute atomic E-state index is 5.79. The number of guanidine groups is 1. The molecule has 1 aliphatic carbocycles. The lowest BCUT2D eigenvalue weighted by molar-refractivity contribution is 0.329. The number of halogens is 1. The fraction of sp³-hybridized carbons (Fsp3) is 0.625. The number of nitrogens with zero attached hydrogens (tertiary/aromatic N) is 2. The number of hydrogen-bond acceptors (Lipinski definition) is 2. The minimum Gasteiger partial charge on any atom is -0.357 e. The van der Waals surface area contributed by atoms with Crippen LogP contribution in [0.1, 0.15) is 45.1 Å². The van der Waals surface area contributed by atoms with E-state index in [2.05, 4.69) is 34.5 Å². The molecule has 0 saturated heterocycles. The highest BCUT2D eigenvalue weighted by molar-refractivity contribution is 6.29. The Balaban J connectivity index is 1.91. The zero-order chi connectivity index (χ0) is 15.1. The molecule has 0 amide bonds. The van der Waals surface area contributed by atoms with Gasteiger partial charge in [0.15, 0.2) is 5.96 Å². The zero-order valence-corrected chi connectivity index (χ0v) is 13.7. The van der Waals surface area contributed by atoms with Gasteiger partial charge in [0.05, 0.1) is 6.54 Å². The Morgan fingerprint density at radius 1 is 1.33 bits per heavy atom. The van der Waals surface area contributed by atoms with Crippen LogP contribution in [0.4, 0.5) is 0 Å². The standard InChI is InChI=1S/C16H25ClN4/c1-3-18-16(21-14-7-4-12(2)5-8-14)20-11-13-6-9-15(17)19-10-13/h6,9-10,12,14H,3-5,7-8,11H2,1-2H3,(H2,18,20,21). The second-order valence-electron chi connectivity index (χ2n) is 5.79. The normalized spacial score (nSPS) is 22.9. The Morgan fingerprint density at radius 3 is 2.71 bits per heavy atom. The molecule has 2 rings (SSSR count). The summed E-state index contributed by atoms with van der Waals surface area (Å²) in [6.45, 7) is 5.91. The molecule has 0 atom stereocenters. The van der Waals surface area contributed by atoms with Crippen molar-refractivity contribution in [2.45, 2.75) is 52.1 Å². The number of hydrogen-bond donors (Lipinski definition) is 2. The SMILES string of the molecule is CCNC(=NCc1ccc(Cl)nc1)NC1CCC(C)CC1. The van der Waals surface area contributed by atoms with Crippen LogP contribution >= 0.6 is 11.6 Å². The highest BCUT2D eigenvalue weighted by Gasteiger charge is 2.18. The molecule has 5 heteroatoms. The van der Waals surface area contributed by atoms with Gasteiger partial charge in [-0.2, -0.15) is 0 Å². The minimum atomic E-state index is 0.518. The zero-order valence-electron chi connectivity index (χ0n) is 12.9. The van der Waals surface area contributed by atoms with E-state index in [4.69, 9.17) is 11.6 Å². The molecule has 1 aliphatic rings. The van der Waals surface area contributed by atoms with Crippen molar-refractivity contribution >= 4 is 17.6 Å². The van der Waals surface area contributed by atoms with Gasteiger partial charge >= 0.3 is 0 Å². The predicted molar refractivity (Wildman–Crippen MR) is 88.6 cm³/mol. The Labute approximate surface area is 132 Å². The molecule has 1 saturated carbocycles. The van der Waals surface area contributed by atoms with Crippen molar-refractivity contribution in [2.24, 2.45) is 10.9 Å². The summed E-state index contributed by atoms with van der Waals surface area (Å²) >= 11 is 5.79. The molecule has 0 spiro atoms. The van der Waals surface area contributed by atoms with E-state index in [9.17, 15) is 0 Å². The van der Waals surface area contributed by atoms with Crippen LogP contribution in [-0.4, -0.2) is 23.5 Å². The Bertz CT molecular complexity index is 450. The number of aromatic nitrogens is 1. The lowest BCUT2D eigenvalue weighted by Gasteiger charge is -2.28. The number of nitrogens with one attached hydrogen (secondary N) is 2. The summed E-state index contributed by atoms with van der Waals surface area (Å²) < 4.78 is 0. The van der Waals surface area contributed by atoms with Crippen molar-refractivity contribution in [3.8, 4) is 0 Å². The maximum Gasteiger partial charge on any atom is 0.191 e. The second-order valence-corrected chi connectivity index (χ2v) is 6.17. The third-order valence-electron chi connectivity index (χ3n) is 3.91. The van der Waals surface area contributed by atoms with Crippen molar-refractivity contribution in [3.63, 3.8) is 0 Å².